The van der Waals surface area contributed by atoms with Crippen molar-refractivity contribution in [2.45, 2.75) is 77.0 Å². The number of hydrogen-bond acceptors (Lipinski definition) is 4. The lowest BCUT2D eigenvalue weighted by atomic mass is 9.87. The standard InChI is InChI=1S/C22H32N2O4S/c1-4-5-6-17-8-12-19(13-9-17)28-15-21-20(23-29(3,26)27)14-11-18-10-7-16(2)22(25)24(18)21/h7,10,17,19-21,23H,4,8-9,11-15H2,1-3H3. The van der Waals surface area contributed by atoms with Gasteiger partial charge >= 0.3 is 0 Å². The molecule has 0 spiro atoms. The number of nitrogens with one attached hydrogen (secondary N) is 1. The highest BCUT2D eigenvalue weighted by molar-refractivity contribution is 7.88. The van der Waals surface area contributed by atoms with Crippen LogP contribution in [0.25, 0.3) is 0 Å². The van der Waals surface area contributed by atoms with E-state index >= 15 is 0 Å². The maximum atomic E-state index is 12.8. The molecule has 29 heavy (non-hydrogen) atoms. The second kappa shape index (κ2) is 9.46. The van der Waals surface area contributed by atoms with Crippen LogP contribution in [0.1, 0.15) is 62.7 Å². The van der Waals surface area contributed by atoms with Crippen LogP contribution in [0.5, 0.6) is 0 Å². The molecule has 1 aliphatic heterocycles. The van der Waals surface area contributed by atoms with Crippen LogP contribution in [-0.4, -0.2) is 38.0 Å². The Morgan fingerprint density at radius 3 is 2.59 bits per heavy atom. The van der Waals surface area contributed by atoms with Crippen LogP contribution in [0.3, 0.4) is 0 Å². The molecule has 2 aliphatic rings. The van der Waals surface area contributed by atoms with Crippen LogP contribution in [0.15, 0.2) is 16.9 Å². The highest BCUT2D eigenvalue weighted by Crippen LogP contribution is 2.29. The van der Waals surface area contributed by atoms with Gasteiger partial charge in [0.1, 0.15) is 0 Å². The van der Waals surface area contributed by atoms with Crippen molar-refractivity contribution in [3.63, 3.8) is 0 Å². The van der Waals surface area contributed by atoms with Crippen LogP contribution in [-0.2, 0) is 21.2 Å². The zero-order valence-electron chi connectivity index (χ0n) is 17.6. The number of fused-ring (bicyclic) bond motifs is 1. The summed E-state index contributed by atoms with van der Waals surface area (Å²) in [5, 5.41) is 0. The van der Waals surface area contributed by atoms with Crippen molar-refractivity contribution < 1.29 is 13.2 Å². The minimum atomic E-state index is -3.38. The fourth-order valence-electron chi connectivity index (χ4n) is 4.39. The average molecular weight is 421 g/mol. The summed E-state index contributed by atoms with van der Waals surface area (Å²) in [5.41, 5.74) is 1.54. The van der Waals surface area contributed by atoms with Crippen LogP contribution in [0.4, 0.5) is 0 Å². The lowest BCUT2D eigenvalue weighted by molar-refractivity contribution is -0.00298. The largest absolute Gasteiger partial charge is 0.376 e. The molecule has 0 bridgehead atoms. The maximum absolute atomic E-state index is 12.8. The molecule has 1 fully saturated rings. The summed E-state index contributed by atoms with van der Waals surface area (Å²) in [6.45, 7) is 4.19. The Kier molecular flexibility index (Phi) is 7.20. The quantitative estimate of drug-likeness (QED) is 0.743. The van der Waals surface area contributed by atoms with Gasteiger partial charge in [-0.2, -0.15) is 0 Å². The Hall–Kier alpha value is -1.62. The first-order valence-electron chi connectivity index (χ1n) is 10.6. The zero-order valence-corrected chi connectivity index (χ0v) is 18.4. The summed E-state index contributed by atoms with van der Waals surface area (Å²) in [4.78, 5) is 12.8. The van der Waals surface area contributed by atoms with E-state index in [-0.39, 0.29) is 23.7 Å². The van der Waals surface area contributed by atoms with E-state index < -0.39 is 10.0 Å². The number of rotatable bonds is 5. The van der Waals surface area contributed by atoms with Crippen molar-refractivity contribution >= 4 is 10.0 Å². The third-order valence-electron chi connectivity index (χ3n) is 5.92. The number of pyridine rings is 1. The molecule has 0 aromatic carbocycles. The van der Waals surface area contributed by atoms with E-state index in [1.807, 2.05) is 12.1 Å². The van der Waals surface area contributed by atoms with Gasteiger partial charge in [-0.25, -0.2) is 13.1 Å². The van der Waals surface area contributed by atoms with Crippen molar-refractivity contribution in [3.05, 3.63) is 33.7 Å². The van der Waals surface area contributed by atoms with Gasteiger partial charge in [0.25, 0.3) is 5.56 Å². The highest BCUT2D eigenvalue weighted by atomic mass is 32.2. The number of sulfonamides is 1. The van der Waals surface area contributed by atoms with Crippen molar-refractivity contribution in [1.82, 2.24) is 9.29 Å². The van der Waals surface area contributed by atoms with Crippen molar-refractivity contribution in [2.24, 2.45) is 5.92 Å². The number of nitrogens with zero attached hydrogens (tertiary/aromatic N) is 1. The first kappa shape index (κ1) is 22.1. The summed E-state index contributed by atoms with van der Waals surface area (Å²) >= 11 is 0. The molecule has 1 saturated carbocycles. The first-order chi connectivity index (χ1) is 13.8. The monoisotopic (exact) mass is 420 g/mol. The van der Waals surface area contributed by atoms with Gasteiger partial charge in [0.15, 0.2) is 0 Å². The normalized spacial score (nSPS) is 27.0. The molecule has 1 aromatic rings. The summed E-state index contributed by atoms with van der Waals surface area (Å²) in [6, 6.07) is 3.13. The summed E-state index contributed by atoms with van der Waals surface area (Å²) < 4.78 is 34.5. The maximum Gasteiger partial charge on any atom is 0.254 e. The molecular weight excluding hydrogens is 388 g/mol. The molecular formula is C22H32N2O4S. The smallest absolute Gasteiger partial charge is 0.254 e. The fraction of sp³-hybridized carbons (Fsp3) is 0.682. The molecule has 1 aliphatic carbocycles. The number of ether oxygens (including phenoxy) is 1. The van der Waals surface area contributed by atoms with E-state index in [1.165, 1.54) is 0 Å². The SMILES string of the molecule is CCC#CC1CCC(OCC2C(NS(C)(=O)=O)CCc3ccc(C)c(=O)n32)CC1. The molecule has 7 heteroatoms. The van der Waals surface area contributed by atoms with Gasteiger partial charge in [0.05, 0.1) is 25.0 Å². The highest BCUT2D eigenvalue weighted by Gasteiger charge is 2.33. The summed E-state index contributed by atoms with van der Waals surface area (Å²) in [6.07, 6.45) is 7.48. The molecule has 2 unspecified atom stereocenters. The number of hydrogen-bond donors (Lipinski definition) is 1. The van der Waals surface area contributed by atoms with Crippen molar-refractivity contribution in [1.29, 1.82) is 0 Å². The van der Waals surface area contributed by atoms with Crippen LogP contribution < -0.4 is 10.3 Å². The summed E-state index contributed by atoms with van der Waals surface area (Å²) in [5.74, 6) is 6.96. The van der Waals surface area contributed by atoms with Gasteiger partial charge in [0.2, 0.25) is 10.0 Å². The lowest BCUT2D eigenvalue weighted by Crippen LogP contribution is -2.49. The Morgan fingerprint density at radius 1 is 1.21 bits per heavy atom. The molecule has 2 heterocycles. The average Bonchev–Trinajstić information content (AvgIpc) is 2.68. The van der Waals surface area contributed by atoms with Gasteiger partial charge in [-0.15, -0.1) is 5.92 Å². The minimum absolute atomic E-state index is 0.0605. The first-order valence-corrected chi connectivity index (χ1v) is 12.5. The molecule has 1 N–H and O–H groups in total. The van der Waals surface area contributed by atoms with E-state index in [2.05, 4.69) is 23.5 Å². The van der Waals surface area contributed by atoms with E-state index in [4.69, 9.17) is 4.74 Å². The predicted molar refractivity (Wildman–Crippen MR) is 114 cm³/mol. The molecule has 0 amide bonds. The van der Waals surface area contributed by atoms with Gasteiger partial charge in [-0.3, -0.25) is 4.79 Å². The third kappa shape index (κ3) is 5.71. The molecule has 0 saturated heterocycles. The van der Waals surface area contributed by atoms with Crippen LogP contribution >= 0.6 is 0 Å². The van der Waals surface area contributed by atoms with Gasteiger partial charge in [-0.1, -0.05) is 18.9 Å². The predicted octanol–water partition coefficient (Wildman–Crippen LogP) is 2.55. The van der Waals surface area contributed by atoms with Crippen molar-refractivity contribution in [3.8, 4) is 11.8 Å². The van der Waals surface area contributed by atoms with Gasteiger partial charge in [0, 0.05) is 29.6 Å². The zero-order chi connectivity index (χ0) is 21.0. The Morgan fingerprint density at radius 2 is 1.93 bits per heavy atom. The topological polar surface area (TPSA) is 77.4 Å². The van der Waals surface area contributed by atoms with E-state index in [1.54, 1.807) is 11.5 Å². The third-order valence-corrected chi connectivity index (χ3v) is 6.66. The van der Waals surface area contributed by atoms with E-state index in [9.17, 15) is 13.2 Å². The minimum Gasteiger partial charge on any atom is -0.376 e. The molecule has 0 radical (unpaired) electrons. The molecule has 3 rings (SSSR count). The van der Waals surface area contributed by atoms with Gasteiger partial charge in [-0.05, 0) is 51.5 Å². The molecule has 6 nitrogen and oxygen atoms in total. The molecule has 160 valence electrons. The Labute approximate surface area is 174 Å². The summed E-state index contributed by atoms with van der Waals surface area (Å²) in [7, 11) is -3.38. The number of aryl methyl sites for hydroxylation is 2. The Bertz CT molecular complexity index is 934. The second-order valence-electron chi connectivity index (χ2n) is 8.27. The molecule has 2 atom stereocenters. The van der Waals surface area contributed by atoms with E-state index in [0.717, 1.165) is 44.1 Å². The van der Waals surface area contributed by atoms with Crippen molar-refractivity contribution in [2.75, 3.05) is 12.9 Å². The number of aromatic nitrogens is 1. The lowest BCUT2D eigenvalue weighted by Gasteiger charge is -2.36. The van der Waals surface area contributed by atoms with Crippen LogP contribution in [0, 0.1) is 24.7 Å². The van der Waals surface area contributed by atoms with E-state index in [0.29, 0.717) is 30.9 Å². The van der Waals surface area contributed by atoms with Gasteiger partial charge < -0.3 is 9.30 Å². The van der Waals surface area contributed by atoms with Crippen LogP contribution in [0.2, 0.25) is 0 Å². The Balaban J connectivity index is 1.74. The fourth-order valence-corrected chi connectivity index (χ4v) is 5.22. The molecule has 1 aromatic heterocycles. The second-order valence-corrected chi connectivity index (χ2v) is 10.0.